The molecule has 0 aromatic heterocycles. The van der Waals surface area contributed by atoms with Gasteiger partial charge in [0.1, 0.15) is 5.60 Å². The third-order valence-electron chi connectivity index (χ3n) is 4.79. The monoisotopic (exact) mass is 333 g/mol. The molecule has 5 heteroatoms. The number of piperidine rings is 1. The van der Waals surface area contributed by atoms with Gasteiger partial charge in [-0.25, -0.2) is 4.79 Å². The maximum Gasteiger partial charge on any atom is 0.314 e. The summed E-state index contributed by atoms with van der Waals surface area (Å²) < 4.78 is 0. The van der Waals surface area contributed by atoms with Crippen LogP contribution in [-0.4, -0.2) is 48.8 Å². The van der Waals surface area contributed by atoms with Gasteiger partial charge in [-0.05, 0) is 57.3 Å². The van der Waals surface area contributed by atoms with Crippen LogP contribution in [0, 0.1) is 5.92 Å². The minimum absolute atomic E-state index is 0.192. The highest BCUT2D eigenvalue weighted by molar-refractivity contribution is 5.73. The van der Waals surface area contributed by atoms with Crippen LogP contribution >= 0.6 is 0 Å². The second-order valence-electron chi connectivity index (χ2n) is 6.99. The lowest BCUT2D eigenvalue weighted by molar-refractivity contribution is 0.0593. The highest BCUT2D eigenvalue weighted by Crippen LogP contribution is 2.19. The fraction of sp³-hybridized carbons (Fsp3) is 0.632. The maximum absolute atomic E-state index is 12.0. The van der Waals surface area contributed by atoms with Crippen LogP contribution in [0.5, 0.6) is 0 Å². The first-order chi connectivity index (χ1) is 11.5. The molecule has 134 valence electrons. The van der Waals surface area contributed by atoms with Crippen LogP contribution in [0.15, 0.2) is 30.3 Å². The van der Waals surface area contributed by atoms with Gasteiger partial charge in [0.25, 0.3) is 0 Å². The Labute approximate surface area is 145 Å². The highest BCUT2D eigenvalue weighted by atomic mass is 16.3. The molecule has 1 atom stereocenters. The van der Waals surface area contributed by atoms with E-state index in [-0.39, 0.29) is 12.6 Å². The van der Waals surface area contributed by atoms with Gasteiger partial charge >= 0.3 is 6.03 Å². The molecular weight excluding hydrogens is 302 g/mol. The summed E-state index contributed by atoms with van der Waals surface area (Å²) in [6.07, 6.45) is 3.48. The normalized spacial score (nSPS) is 18.8. The molecular formula is C19H31N3O2. The van der Waals surface area contributed by atoms with Crippen molar-refractivity contribution in [2.75, 3.05) is 32.7 Å². The van der Waals surface area contributed by atoms with E-state index in [4.69, 9.17) is 0 Å². The number of amides is 2. The lowest BCUT2D eigenvalue weighted by atomic mass is 9.96. The predicted octanol–water partition coefficient (Wildman–Crippen LogP) is 2.32. The molecule has 0 aliphatic carbocycles. The summed E-state index contributed by atoms with van der Waals surface area (Å²) >= 11 is 0. The summed E-state index contributed by atoms with van der Waals surface area (Å²) in [5.41, 5.74) is -0.266. The number of benzene rings is 1. The summed E-state index contributed by atoms with van der Waals surface area (Å²) in [6.45, 7) is 8.26. The SMILES string of the molecule is CCCN1CCC(CNC(=O)NCC(C)(O)c2ccccc2)CC1. The Morgan fingerprint density at radius 1 is 1.25 bits per heavy atom. The molecule has 2 amide bonds. The Balaban J connectivity index is 1.67. The van der Waals surface area contributed by atoms with E-state index in [1.54, 1.807) is 6.92 Å². The van der Waals surface area contributed by atoms with Crippen molar-refractivity contribution in [1.29, 1.82) is 0 Å². The number of nitrogens with zero attached hydrogens (tertiary/aromatic N) is 1. The maximum atomic E-state index is 12.0. The zero-order chi connectivity index (χ0) is 17.4. The molecule has 5 nitrogen and oxygen atoms in total. The largest absolute Gasteiger partial charge is 0.384 e. The van der Waals surface area contributed by atoms with Crippen LogP contribution in [0.1, 0.15) is 38.7 Å². The van der Waals surface area contributed by atoms with Crippen LogP contribution in [0.4, 0.5) is 4.79 Å². The topological polar surface area (TPSA) is 64.6 Å². The average molecular weight is 333 g/mol. The first-order valence-corrected chi connectivity index (χ1v) is 9.03. The summed E-state index contributed by atoms with van der Waals surface area (Å²) in [5, 5.41) is 16.2. The highest BCUT2D eigenvalue weighted by Gasteiger charge is 2.24. The molecule has 1 aliphatic heterocycles. The Hall–Kier alpha value is -1.59. The average Bonchev–Trinajstić information content (AvgIpc) is 2.60. The zero-order valence-electron chi connectivity index (χ0n) is 14.9. The zero-order valence-corrected chi connectivity index (χ0v) is 14.9. The molecule has 2 rings (SSSR count). The van der Waals surface area contributed by atoms with Crippen molar-refractivity contribution < 1.29 is 9.90 Å². The first kappa shape index (κ1) is 18.7. The third kappa shape index (κ3) is 5.80. The van der Waals surface area contributed by atoms with Gasteiger partial charge < -0.3 is 20.6 Å². The minimum Gasteiger partial charge on any atom is -0.384 e. The lowest BCUT2D eigenvalue weighted by Gasteiger charge is -2.31. The standard InChI is InChI=1S/C19H31N3O2/c1-3-11-22-12-9-16(10-13-22)14-20-18(23)21-15-19(2,24)17-7-5-4-6-8-17/h4-8,16,24H,3,9-15H2,1-2H3,(H2,20,21,23). The number of carbonyl (C=O) groups is 1. The Morgan fingerprint density at radius 3 is 2.54 bits per heavy atom. The van der Waals surface area contributed by atoms with Crippen molar-refractivity contribution in [3.05, 3.63) is 35.9 Å². The Bertz CT molecular complexity index is 497. The van der Waals surface area contributed by atoms with Crippen molar-refractivity contribution in [3.63, 3.8) is 0 Å². The third-order valence-corrected chi connectivity index (χ3v) is 4.79. The smallest absolute Gasteiger partial charge is 0.314 e. The Kier molecular flexibility index (Phi) is 7.06. The summed E-state index contributed by atoms with van der Waals surface area (Å²) in [5.74, 6) is 0.554. The quantitative estimate of drug-likeness (QED) is 0.717. The second-order valence-corrected chi connectivity index (χ2v) is 6.99. The molecule has 1 aromatic carbocycles. The van der Waals surface area contributed by atoms with Gasteiger partial charge in [0.05, 0.1) is 6.54 Å². The summed E-state index contributed by atoms with van der Waals surface area (Å²) in [7, 11) is 0. The van der Waals surface area contributed by atoms with Gasteiger partial charge in [-0.3, -0.25) is 0 Å². The van der Waals surface area contributed by atoms with Crippen molar-refractivity contribution in [3.8, 4) is 0 Å². The van der Waals surface area contributed by atoms with Gasteiger partial charge in [-0.2, -0.15) is 0 Å². The molecule has 0 radical (unpaired) electrons. The van der Waals surface area contributed by atoms with Crippen molar-refractivity contribution >= 4 is 6.03 Å². The van der Waals surface area contributed by atoms with E-state index in [0.717, 1.165) is 31.5 Å². The van der Waals surface area contributed by atoms with E-state index >= 15 is 0 Å². The van der Waals surface area contributed by atoms with E-state index in [2.05, 4.69) is 22.5 Å². The summed E-state index contributed by atoms with van der Waals surface area (Å²) in [4.78, 5) is 14.5. The number of hydrogen-bond donors (Lipinski definition) is 3. The number of likely N-dealkylation sites (tertiary alicyclic amines) is 1. The van der Waals surface area contributed by atoms with Crippen LogP contribution in [0.25, 0.3) is 0 Å². The number of carbonyl (C=O) groups excluding carboxylic acids is 1. The molecule has 3 N–H and O–H groups in total. The van der Waals surface area contributed by atoms with Gasteiger partial charge in [-0.1, -0.05) is 37.3 Å². The van der Waals surface area contributed by atoms with Gasteiger partial charge in [0.15, 0.2) is 0 Å². The van der Waals surface area contributed by atoms with E-state index in [0.29, 0.717) is 12.5 Å². The van der Waals surface area contributed by atoms with Crippen molar-refractivity contribution in [2.24, 2.45) is 5.92 Å². The van der Waals surface area contributed by atoms with Gasteiger partial charge in [0.2, 0.25) is 0 Å². The van der Waals surface area contributed by atoms with Crippen LogP contribution < -0.4 is 10.6 Å². The van der Waals surface area contributed by atoms with Crippen LogP contribution in [0.2, 0.25) is 0 Å². The van der Waals surface area contributed by atoms with Gasteiger partial charge in [0, 0.05) is 6.54 Å². The molecule has 1 unspecified atom stereocenters. The van der Waals surface area contributed by atoms with E-state index in [1.165, 1.54) is 13.0 Å². The van der Waals surface area contributed by atoms with E-state index < -0.39 is 5.60 Å². The molecule has 0 bridgehead atoms. The van der Waals surface area contributed by atoms with Crippen molar-refractivity contribution in [1.82, 2.24) is 15.5 Å². The molecule has 1 aliphatic rings. The number of rotatable bonds is 7. The fourth-order valence-electron chi connectivity index (χ4n) is 3.18. The molecule has 1 fully saturated rings. The lowest BCUT2D eigenvalue weighted by Crippen LogP contribution is -2.45. The molecule has 0 saturated carbocycles. The first-order valence-electron chi connectivity index (χ1n) is 9.03. The summed E-state index contributed by atoms with van der Waals surface area (Å²) in [6, 6.07) is 9.20. The molecule has 0 spiro atoms. The van der Waals surface area contributed by atoms with E-state index in [9.17, 15) is 9.90 Å². The van der Waals surface area contributed by atoms with Crippen LogP contribution in [-0.2, 0) is 5.60 Å². The molecule has 1 saturated heterocycles. The second kappa shape index (κ2) is 9.04. The van der Waals surface area contributed by atoms with Crippen LogP contribution in [0.3, 0.4) is 0 Å². The van der Waals surface area contributed by atoms with E-state index in [1.807, 2.05) is 30.3 Å². The number of hydrogen-bond acceptors (Lipinski definition) is 3. The predicted molar refractivity (Wildman–Crippen MR) is 96.9 cm³/mol. The van der Waals surface area contributed by atoms with Crippen molar-refractivity contribution in [2.45, 2.75) is 38.7 Å². The molecule has 1 heterocycles. The van der Waals surface area contributed by atoms with Gasteiger partial charge in [-0.15, -0.1) is 0 Å². The molecule has 1 aromatic rings. The Morgan fingerprint density at radius 2 is 1.92 bits per heavy atom. The minimum atomic E-state index is -1.07. The molecule has 24 heavy (non-hydrogen) atoms. The fourth-order valence-corrected chi connectivity index (χ4v) is 3.18. The number of aliphatic hydroxyl groups is 1. The number of nitrogens with one attached hydrogen (secondary N) is 2. The number of urea groups is 1.